The summed E-state index contributed by atoms with van der Waals surface area (Å²) in [6, 6.07) is 2.72. The molecule has 0 saturated carbocycles. The molecule has 0 unspecified atom stereocenters. The van der Waals surface area contributed by atoms with Crippen molar-refractivity contribution in [3.63, 3.8) is 0 Å². The number of amides is 1. The molecule has 1 aromatic carbocycles. The van der Waals surface area contributed by atoms with Gasteiger partial charge in [-0.05, 0) is 12.1 Å². The molecule has 4 nitrogen and oxygen atoms in total. The first-order valence-electron chi connectivity index (χ1n) is 3.10. The van der Waals surface area contributed by atoms with Crippen LogP contribution in [-0.4, -0.2) is 11.0 Å². The predicted octanol–water partition coefficient (Wildman–Crippen LogP) is 0.727. The lowest BCUT2D eigenvalue weighted by atomic mass is 10.2. The van der Waals surface area contributed by atoms with Crippen molar-refractivity contribution in [1.29, 1.82) is 0 Å². The number of aromatic hydroxyl groups is 1. The van der Waals surface area contributed by atoms with E-state index >= 15 is 0 Å². The van der Waals surface area contributed by atoms with Gasteiger partial charge in [0.1, 0.15) is 0 Å². The van der Waals surface area contributed by atoms with Gasteiger partial charge < -0.3 is 16.6 Å². The second kappa shape index (κ2) is 2.91. The fourth-order valence-electron chi connectivity index (χ4n) is 0.770. The van der Waals surface area contributed by atoms with Crippen LogP contribution in [0.4, 0.5) is 5.69 Å². The van der Waals surface area contributed by atoms with Gasteiger partial charge in [-0.2, -0.15) is 0 Å². The number of anilines is 1. The van der Waals surface area contributed by atoms with E-state index in [0.29, 0.717) is 0 Å². The molecule has 0 aromatic heterocycles. The van der Waals surface area contributed by atoms with Crippen LogP contribution in [0.2, 0.25) is 5.02 Å². The zero-order valence-electron chi connectivity index (χ0n) is 6.04. The number of hydrogen-bond donors (Lipinski definition) is 3. The molecular formula is C7H7ClN2O2. The van der Waals surface area contributed by atoms with E-state index in [1.165, 1.54) is 12.1 Å². The van der Waals surface area contributed by atoms with E-state index in [9.17, 15) is 9.90 Å². The van der Waals surface area contributed by atoms with Crippen LogP contribution in [0.3, 0.4) is 0 Å². The third-order valence-electron chi connectivity index (χ3n) is 1.41. The van der Waals surface area contributed by atoms with Crippen molar-refractivity contribution in [2.75, 3.05) is 5.73 Å². The van der Waals surface area contributed by atoms with E-state index in [1.54, 1.807) is 0 Å². The average molecular weight is 187 g/mol. The monoisotopic (exact) mass is 186 g/mol. The molecule has 12 heavy (non-hydrogen) atoms. The molecule has 64 valence electrons. The number of rotatable bonds is 1. The van der Waals surface area contributed by atoms with Gasteiger partial charge in [-0.15, -0.1) is 0 Å². The van der Waals surface area contributed by atoms with Crippen molar-refractivity contribution in [1.82, 2.24) is 0 Å². The van der Waals surface area contributed by atoms with Gasteiger partial charge >= 0.3 is 0 Å². The maximum atomic E-state index is 10.7. The molecule has 0 aliphatic heterocycles. The van der Waals surface area contributed by atoms with Gasteiger partial charge in [-0.25, -0.2) is 0 Å². The van der Waals surface area contributed by atoms with E-state index < -0.39 is 5.91 Å². The smallest absolute Gasteiger partial charge is 0.250 e. The van der Waals surface area contributed by atoms with Gasteiger partial charge in [-0.1, -0.05) is 11.6 Å². The summed E-state index contributed by atoms with van der Waals surface area (Å²) in [6.45, 7) is 0. The van der Waals surface area contributed by atoms with Crippen LogP contribution in [0, 0.1) is 0 Å². The van der Waals surface area contributed by atoms with Crippen LogP contribution in [0.1, 0.15) is 10.4 Å². The minimum Gasteiger partial charge on any atom is -0.504 e. The number of benzene rings is 1. The predicted molar refractivity (Wildman–Crippen MR) is 46.0 cm³/mol. The Labute approximate surface area is 73.7 Å². The number of phenolic OH excluding ortho intramolecular Hbond substituents is 1. The summed E-state index contributed by atoms with van der Waals surface area (Å²) in [7, 11) is 0. The molecule has 1 amide bonds. The van der Waals surface area contributed by atoms with E-state index in [1.807, 2.05) is 0 Å². The number of halogens is 1. The third kappa shape index (κ3) is 1.29. The minimum atomic E-state index is -0.699. The Bertz CT molecular complexity index is 338. The fraction of sp³-hybridized carbons (Fsp3) is 0. The summed E-state index contributed by atoms with van der Waals surface area (Å²) in [5.74, 6) is -1.01. The second-order valence-corrected chi connectivity index (χ2v) is 2.61. The lowest BCUT2D eigenvalue weighted by molar-refractivity contribution is 0.1000. The number of carbonyl (C=O) groups excluding carboxylic acids is 1. The van der Waals surface area contributed by atoms with E-state index in [0.717, 1.165) is 0 Å². The van der Waals surface area contributed by atoms with Crippen molar-refractivity contribution < 1.29 is 9.90 Å². The molecule has 1 rings (SSSR count). The molecule has 0 heterocycles. The number of carbonyl (C=O) groups is 1. The summed E-state index contributed by atoms with van der Waals surface area (Å²) in [6.07, 6.45) is 0. The summed E-state index contributed by atoms with van der Waals surface area (Å²) >= 11 is 5.56. The topological polar surface area (TPSA) is 89.3 Å². The Hall–Kier alpha value is -1.42. The molecule has 1 aromatic rings. The standard InChI is InChI=1S/C7H7ClN2O2/c8-5-3(7(10)12)1-2-4(9)6(5)11/h1-2,11H,9H2,(H2,10,12). The molecule has 0 aliphatic rings. The van der Waals surface area contributed by atoms with Crippen molar-refractivity contribution in [3.8, 4) is 5.75 Å². The molecule has 0 radical (unpaired) electrons. The highest BCUT2D eigenvalue weighted by molar-refractivity contribution is 6.35. The number of hydrogen-bond acceptors (Lipinski definition) is 3. The largest absolute Gasteiger partial charge is 0.504 e. The van der Waals surface area contributed by atoms with Crippen LogP contribution in [0.5, 0.6) is 5.75 Å². The summed E-state index contributed by atoms with van der Waals surface area (Å²) < 4.78 is 0. The highest BCUT2D eigenvalue weighted by Gasteiger charge is 2.11. The van der Waals surface area contributed by atoms with Gasteiger partial charge in [0.05, 0.1) is 16.3 Å². The first-order chi connectivity index (χ1) is 5.54. The van der Waals surface area contributed by atoms with Crippen LogP contribution >= 0.6 is 11.6 Å². The molecule has 0 fully saturated rings. The van der Waals surface area contributed by atoms with E-state index in [2.05, 4.69) is 0 Å². The van der Waals surface area contributed by atoms with Crippen LogP contribution in [0.15, 0.2) is 12.1 Å². The van der Waals surface area contributed by atoms with Gasteiger partial charge in [0.25, 0.3) is 0 Å². The molecule has 5 N–H and O–H groups in total. The van der Waals surface area contributed by atoms with Gasteiger partial charge in [0.15, 0.2) is 5.75 Å². The number of nitrogen functional groups attached to an aromatic ring is 1. The van der Waals surface area contributed by atoms with Gasteiger partial charge in [-0.3, -0.25) is 4.79 Å². The Morgan fingerprint density at radius 1 is 1.50 bits per heavy atom. The normalized spacial score (nSPS) is 9.75. The van der Waals surface area contributed by atoms with Gasteiger partial charge in [0.2, 0.25) is 5.91 Å². The Morgan fingerprint density at radius 2 is 2.08 bits per heavy atom. The maximum absolute atomic E-state index is 10.7. The molecule has 0 aliphatic carbocycles. The highest BCUT2D eigenvalue weighted by atomic mass is 35.5. The van der Waals surface area contributed by atoms with Crippen LogP contribution in [0.25, 0.3) is 0 Å². The van der Waals surface area contributed by atoms with Crippen molar-refractivity contribution in [2.24, 2.45) is 5.73 Å². The zero-order chi connectivity index (χ0) is 9.30. The fourth-order valence-corrected chi connectivity index (χ4v) is 1.04. The summed E-state index contributed by atoms with van der Waals surface area (Å²) in [4.78, 5) is 10.7. The lowest BCUT2D eigenvalue weighted by Crippen LogP contribution is -2.11. The third-order valence-corrected chi connectivity index (χ3v) is 1.80. The van der Waals surface area contributed by atoms with Gasteiger partial charge in [0, 0.05) is 0 Å². The molecule has 0 saturated heterocycles. The minimum absolute atomic E-state index is 0.0587. The molecule has 0 atom stereocenters. The molecule has 5 heteroatoms. The Kier molecular flexibility index (Phi) is 2.10. The Morgan fingerprint density at radius 3 is 2.58 bits per heavy atom. The first kappa shape index (κ1) is 8.67. The maximum Gasteiger partial charge on any atom is 0.250 e. The second-order valence-electron chi connectivity index (χ2n) is 2.23. The van der Waals surface area contributed by atoms with E-state index in [-0.39, 0.29) is 22.0 Å². The van der Waals surface area contributed by atoms with Crippen molar-refractivity contribution in [2.45, 2.75) is 0 Å². The SMILES string of the molecule is NC(=O)c1ccc(N)c(O)c1Cl. The molecule has 0 spiro atoms. The number of phenols is 1. The average Bonchev–Trinajstić information content (AvgIpc) is 2.00. The van der Waals surface area contributed by atoms with Crippen molar-refractivity contribution >= 4 is 23.2 Å². The summed E-state index contributed by atoms with van der Waals surface area (Å²) in [5, 5.41) is 9.06. The number of nitrogens with two attached hydrogens (primary N) is 2. The number of primary amides is 1. The van der Waals surface area contributed by atoms with Crippen molar-refractivity contribution in [3.05, 3.63) is 22.7 Å². The quantitative estimate of drug-likeness (QED) is 0.446. The zero-order valence-corrected chi connectivity index (χ0v) is 6.80. The summed E-state index contributed by atoms with van der Waals surface area (Å²) in [5.41, 5.74) is 10.4. The van der Waals surface area contributed by atoms with Crippen LogP contribution in [-0.2, 0) is 0 Å². The van der Waals surface area contributed by atoms with E-state index in [4.69, 9.17) is 23.1 Å². The molecule has 0 bridgehead atoms. The highest BCUT2D eigenvalue weighted by Crippen LogP contribution is 2.32. The first-order valence-corrected chi connectivity index (χ1v) is 3.48. The van der Waals surface area contributed by atoms with Crippen LogP contribution < -0.4 is 11.5 Å². The Balaban J connectivity index is 3.36. The molecular weight excluding hydrogens is 180 g/mol. The lowest BCUT2D eigenvalue weighted by Gasteiger charge is -2.03.